The van der Waals surface area contributed by atoms with Gasteiger partial charge in [0.1, 0.15) is 11.9 Å². The third kappa shape index (κ3) is 6.49. The molecule has 1 saturated heterocycles. The zero-order chi connectivity index (χ0) is 28.1. The van der Waals surface area contributed by atoms with Crippen molar-refractivity contribution in [1.29, 1.82) is 0 Å². The Morgan fingerprint density at radius 2 is 2.03 bits per heavy atom. The summed E-state index contributed by atoms with van der Waals surface area (Å²) in [5, 5.41) is 6.19. The number of amides is 4. The summed E-state index contributed by atoms with van der Waals surface area (Å²) in [5.74, 6) is -0.979. The number of aromatic nitrogens is 1. The lowest BCUT2D eigenvalue weighted by Gasteiger charge is -2.24. The van der Waals surface area contributed by atoms with Crippen LogP contribution in [0.1, 0.15) is 24.0 Å². The number of fused-ring (bicyclic) bond motifs is 1. The molecule has 10 nitrogen and oxygen atoms in total. The molecule has 0 radical (unpaired) electrons. The summed E-state index contributed by atoms with van der Waals surface area (Å²) >= 11 is 6.13. The minimum atomic E-state index is -0.726. The van der Waals surface area contributed by atoms with Gasteiger partial charge in [-0.1, -0.05) is 29.8 Å². The summed E-state index contributed by atoms with van der Waals surface area (Å²) in [7, 11) is 3.55. The molecule has 0 saturated carbocycles. The maximum Gasteiger partial charge on any atom is 0.323 e. The lowest BCUT2D eigenvalue weighted by Crippen LogP contribution is -2.47. The van der Waals surface area contributed by atoms with E-state index in [1.807, 2.05) is 11.9 Å². The van der Waals surface area contributed by atoms with Crippen LogP contribution in [0.25, 0.3) is 10.9 Å². The molecule has 0 aliphatic carbocycles. The van der Waals surface area contributed by atoms with Crippen LogP contribution in [0.2, 0.25) is 5.02 Å². The van der Waals surface area contributed by atoms with Gasteiger partial charge in [0.2, 0.25) is 5.91 Å². The average molecular weight is 559 g/mol. The summed E-state index contributed by atoms with van der Waals surface area (Å²) in [6, 6.07) is 8.41. The molecule has 2 aromatic carbocycles. The Labute approximate surface area is 230 Å². The zero-order valence-electron chi connectivity index (χ0n) is 21.9. The first kappa shape index (κ1) is 28.3. The van der Waals surface area contributed by atoms with Crippen LogP contribution in [0.15, 0.2) is 42.6 Å². The van der Waals surface area contributed by atoms with Crippen molar-refractivity contribution in [3.63, 3.8) is 0 Å². The van der Waals surface area contributed by atoms with Gasteiger partial charge < -0.3 is 26.0 Å². The number of carbonyl (C=O) groups excluding carboxylic acids is 3. The van der Waals surface area contributed by atoms with E-state index in [4.69, 9.17) is 22.1 Å². The molecule has 4 N–H and O–H groups in total. The van der Waals surface area contributed by atoms with E-state index in [0.29, 0.717) is 55.7 Å². The molecule has 3 aromatic rings. The zero-order valence-corrected chi connectivity index (χ0v) is 22.6. The predicted molar refractivity (Wildman–Crippen MR) is 147 cm³/mol. The fourth-order valence-electron chi connectivity index (χ4n) is 4.80. The van der Waals surface area contributed by atoms with E-state index in [1.54, 1.807) is 43.5 Å². The van der Waals surface area contributed by atoms with Gasteiger partial charge in [0.05, 0.1) is 22.8 Å². The summed E-state index contributed by atoms with van der Waals surface area (Å²) < 4.78 is 21.1. The van der Waals surface area contributed by atoms with E-state index in [-0.39, 0.29) is 23.0 Å². The van der Waals surface area contributed by atoms with Crippen molar-refractivity contribution < 1.29 is 23.5 Å². The number of hydrogen-bond donors (Lipinski definition) is 3. The second-order valence-electron chi connectivity index (χ2n) is 9.55. The second kappa shape index (κ2) is 12.5. The van der Waals surface area contributed by atoms with Crippen LogP contribution in [0, 0.1) is 5.82 Å². The second-order valence-corrected chi connectivity index (χ2v) is 9.96. The number of benzene rings is 2. The third-order valence-electron chi connectivity index (χ3n) is 6.75. The molecule has 0 bridgehead atoms. The SMILES string of the molecule is COCCN(C)Cc1cc(Cl)c(F)c(CNC(=O)[C@@H]2CCCN2C(=O)Nc2cn(C(N)=O)c3ccccc23)c1. The number of carbonyl (C=O) groups is 3. The molecule has 39 heavy (non-hydrogen) atoms. The number of likely N-dealkylation sites (N-methyl/N-ethyl adjacent to an activating group) is 1. The molecule has 12 heteroatoms. The number of nitrogens with zero attached hydrogens (tertiary/aromatic N) is 3. The number of primary amides is 1. The number of methoxy groups -OCH3 is 1. The first-order valence-electron chi connectivity index (χ1n) is 12.6. The van der Waals surface area contributed by atoms with Crippen molar-refractivity contribution >= 4 is 46.2 Å². The summed E-state index contributed by atoms with van der Waals surface area (Å²) in [4.78, 5) is 41.5. The van der Waals surface area contributed by atoms with E-state index in [0.717, 1.165) is 5.56 Å². The third-order valence-corrected chi connectivity index (χ3v) is 7.03. The topological polar surface area (TPSA) is 122 Å². The molecular formula is C27H32ClFN6O4. The van der Waals surface area contributed by atoms with Gasteiger partial charge in [-0.3, -0.25) is 14.3 Å². The van der Waals surface area contributed by atoms with Gasteiger partial charge in [0.25, 0.3) is 0 Å². The predicted octanol–water partition coefficient (Wildman–Crippen LogP) is 3.75. The molecule has 1 atom stereocenters. The van der Waals surface area contributed by atoms with Crippen LogP contribution in [0.4, 0.5) is 19.7 Å². The molecule has 0 unspecified atom stereocenters. The maximum atomic E-state index is 14.8. The fraction of sp³-hybridized carbons (Fsp3) is 0.370. The molecule has 1 aliphatic rings. The van der Waals surface area contributed by atoms with Crippen LogP contribution in [0.5, 0.6) is 0 Å². The molecule has 4 amide bonds. The van der Waals surface area contributed by atoms with Gasteiger partial charge in [-0.2, -0.15) is 0 Å². The number of para-hydroxylation sites is 1. The van der Waals surface area contributed by atoms with Crippen molar-refractivity contribution in [3.8, 4) is 0 Å². The highest BCUT2D eigenvalue weighted by Crippen LogP contribution is 2.27. The van der Waals surface area contributed by atoms with Gasteiger partial charge in [-0.05, 0) is 43.7 Å². The van der Waals surface area contributed by atoms with Crippen molar-refractivity contribution in [2.45, 2.75) is 32.0 Å². The number of likely N-dealkylation sites (tertiary alicyclic amines) is 1. The van der Waals surface area contributed by atoms with E-state index < -0.39 is 23.9 Å². The van der Waals surface area contributed by atoms with Crippen LogP contribution in [0.3, 0.4) is 0 Å². The number of hydrogen-bond acceptors (Lipinski definition) is 5. The molecule has 1 aromatic heterocycles. The molecule has 1 aliphatic heterocycles. The first-order valence-corrected chi connectivity index (χ1v) is 13.0. The number of ether oxygens (including phenoxy) is 1. The Morgan fingerprint density at radius 1 is 1.26 bits per heavy atom. The van der Waals surface area contributed by atoms with Crippen LogP contribution < -0.4 is 16.4 Å². The lowest BCUT2D eigenvalue weighted by atomic mass is 10.1. The van der Waals surface area contributed by atoms with E-state index >= 15 is 0 Å². The van der Waals surface area contributed by atoms with Crippen molar-refractivity contribution in [3.05, 3.63) is 64.6 Å². The molecule has 4 rings (SSSR count). The number of rotatable bonds is 9. The number of anilines is 1. The van der Waals surface area contributed by atoms with Gasteiger partial charge in [0.15, 0.2) is 0 Å². The number of nitrogens with one attached hydrogen (secondary N) is 2. The van der Waals surface area contributed by atoms with E-state index in [9.17, 15) is 18.8 Å². The fourth-order valence-corrected chi connectivity index (χ4v) is 5.06. The smallest absolute Gasteiger partial charge is 0.323 e. The highest BCUT2D eigenvalue weighted by atomic mass is 35.5. The van der Waals surface area contributed by atoms with Gasteiger partial charge in [-0.25, -0.2) is 14.0 Å². The monoisotopic (exact) mass is 558 g/mol. The Bertz CT molecular complexity index is 1380. The lowest BCUT2D eigenvalue weighted by molar-refractivity contribution is -0.124. The van der Waals surface area contributed by atoms with Gasteiger partial charge in [0, 0.05) is 50.4 Å². The number of urea groups is 1. The Balaban J connectivity index is 1.42. The normalized spacial score (nSPS) is 15.2. The summed E-state index contributed by atoms with van der Waals surface area (Å²) in [6.45, 7) is 2.10. The first-order chi connectivity index (χ1) is 18.7. The quantitative estimate of drug-likeness (QED) is 0.369. The standard InChI is InChI=1S/C27H32ClFN6O4/c1-33(10-11-39-2)15-17-12-18(24(29)20(28)13-17)14-31-25(36)23-8-5-9-34(23)27(38)32-21-16-35(26(30)37)22-7-4-3-6-19(21)22/h3-4,6-7,12-13,16,23H,5,8-11,14-15H2,1-2H3,(H2,30,37)(H,31,36)(H,32,38)/t23-/m0/s1. The van der Waals surface area contributed by atoms with E-state index in [1.165, 1.54) is 15.7 Å². The van der Waals surface area contributed by atoms with Crippen LogP contribution in [-0.4, -0.2) is 72.2 Å². The highest BCUT2D eigenvalue weighted by molar-refractivity contribution is 6.30. The number of nitrogens with two attached hydrogens (primary N) is 1. The van der Waals surface area contributed by atoms with Crippen molar-refractivity contribution in [2.75, 3.05) is 39.2 Å². The number of halogens is 2. The molecule has 0 spiro atoms. The van der Waals surface area contributed by atoms with Crippen LogP contribution in [-0.2, 0) is 22.6 Å². The Hall–Kier alpha value is -3.67. The molecular weight excluding hydrogens is 527 g/mol. The molecule has 208 valence electrons. The van der Waals surface area contributed by atoms with Gasteiger partial charge >= 0.3 is 12.1 Å². The minimum Gasteiger partial charge on any atom is -0.383 e. The molecule has 1 fully saturated rings. The maximum absolute atomic E-state index is 14.8. The van der Waals surface area contributed by atoms with Crippen molar-refractivity contribution in [2.24, 2.45) is 5.73 Å². The van der Waals surface area contributed by atoms with Crippen molar-refractivity contribution in [1.82, 2.24) is 19.7 Å². The Morgan fingerprint density at radius 3 is 2.77 bits per heavy atom. The largest absolute Gasteiger partial charge is 0.383 e. The van der Waals surface area contributed by atoms with E-state index in [2.05, 4.69) is 10.6 Å². The van der Waals surface area contributed by atoms with Crippen LogP contribution >= 0.6 is 11.6 Å². The summed E-state index contributed by atoms with van der Waals surface area (Å²) in [6.07, 6.45) is 2.57. The highest BCUT2D eigenvalue weighted by Gasteiger charge is 2.34. The molecule has 2 heterocycles. The summed E-state index contributed by atoms with van der Waals surface area (Å²) in [5.41, 5.74) is 7.50. The minimum absolute atomic E-state index is 0.0196. The Kier molecular flexibility index (Phi) is 9.05. The van der Waals surface area contributed by atoms with Gasteiger partial charge in [-0.15, -0.1) is 0 Å². The average Bonchev–Trinajstić information content (AvgIpc) is 3.54.